The summed E-state index contributed by atoms with van der Waals surface area (Å²) in [7, 11) is 0. The number of benzene rings is 1. The largest absolute Gasteiger partial charge is 0.412 e. The topological polar surface area (TPSA) is 36.1 Å². The van der Waals surface area contributed by atoms with E-state index in [9.17, 15) is 18.0 Å². The highest BCUT2D eigenvalue weighted by Gasteiger charge is 2.35. The van der Waals surface area contributed by atoms with Gasteiger partial charge in [-0.25, -0.2) is 0 Å². The number of alkyl halides is 3. The summed E-state index contributed by atoms with van der Waals surface area (Å²) in [4.78, 5) is 16.9. The molecule has 0 aliphatic carbocycles. The van der Waals surface area contributed by atoms with Crippen LogP contribution in [0.1, 0.15) is 24.8 Å². The van der Waals surface area contributed by atoms with Crippen molar-refractivity contribution in [1.29, 1.82) is 0 Å². The summed E-state index contributed by atoms with van der Waals surface area (Å²) in [5.41, 5.74) is 1.71. The van der Waals surface area contributed by atoms with Crippen molar-refractivity contribution in [2.24, 2.45) is 0 Å². The third-order valence-electron chi connectivity index (χ3n) is 4.44. The lowest BCUT2D eigenvalue weighted by molar-refractivity contribution is -0.132. The summed E-state index contributed by atoms with van der Waals surface area (Å²) in [6.45, 7) is 0.206. The molecule has 0 saturated heterocycles. The molecule has 1 N–H and O–H groups in total. The van der Waals surface area contributed by atoms with Gasteiger partial charge < -0.3 is 9.88 Å². The molecule has 6 heteroatoms. The maximum Gasteiger partial charge on any atom is 0.412 e. The van der Waals surface area contributed by atoms with Crippen LogP contribution in [0.4, 0.5) is 13.2 Å². The Labute approximate surface area is 138 Å². The first-order valence-electron chi connectivity index (χ1n) is 8.04. The Morgan fingerprint density at radius 2 is 2.04 bits per heavy atom. The minimum atomic E-state index is -4.27. The van der Waals surface area contributed by atoms with Crippen molar-refractivity contribution in [2.75, 3.05) is 13.1 Å². The molecule has 0 radical (unpaired) electrons. The maximum absolute atomic E-state index is 12.6. The van der Waals surface area contributed by atoms with Crippen molar-refractivity contribution in [3.8, 4) is 0 Å². The number of fused-ring (bicyclic) bond motifs is 1. The number of amides is 1. The van der Waals surface area contributed by atoms with Gasteiger partial charge in [0.05, 0.1) is 0 Å². The third-order valence-corrected chi connectivity index (χ3v) is 4.44. The van der Waals surface area contributed by atoms with E-state index in [4.69, 9.17) is 0 Å². The zero-order chi connectivity index (χ0) is 17.2. The van der Waals surface area contributed by atoms with Crippen molar-refractivity contribution < 1.29 is 18.0 Å². The van der Waals surface area contributed by atoms with Crippen molar-refractivity contribution in [1.82, 2.24) is 9.88 Å². The number of hydrogen-bond acceptors (Lipinski definition) is 1. The van der Waals surface area contributed by atoms with Crippen molar-refractivity contribution in [3.63, 3.8) is 0 Å². The highest BCUT2D eigenvalue weighted by molar-refractivity contribution is 5.83. The molecule has 0 unspecified atom stereocenters. The number of nitrogens with one attached hydrogen (secondary N) is 1. The number of carbonyl (C=O) groups is 1. The van der Waals surface area contributed by atoms with E-state index >= 15 is 0 Å². The molecule has 3 nitrogen and oxygen atoms in total. The van der Waals surface area contributed by atoms with Gasteiger partial charge in [0.15, 0.2) is 0 Å². The molecule has 0 spiro atoms. The number of aromatic nitrogens is 1. The predicted molar refractivity (Wildman–Crippen MR) is 86.6 cm³/mol. The fourth-order valence-corrected chi connectivity index (χ4v) is 3.08. The maximum atomic E-state index is 12.6. The molecule has 1 aromatic carbocycles. The quantitative estimate of drug-likeness (QED) is 0.834. The molecule has 1 aromatic heterocycles. The Kier molecular flexibility index (Phi) is 4.64. The molecule has 2 heterocycles. The Morgan fingerprint density at radius 3 is 2.75 bits per heavy atom. The van der Waals surface area contributed by atoms with Gasteiger partial charge in [-0.2, -0.15) is 13.2 Å². The van der Waals surface area contributed by atoms with Crippen molar-refractivity contribution in [2.45, 2.75) is 31.9 Å². The Bertz CT molecular complexity index is 761. The number of hydrogen-bond donors (Lipinski definition) is 1. The normalized spacial score (nSPS) is 15.6. The molecule has 128 valence electrons. The number of para-hydroxylation sites is 1. The van der Waals surface area contributed by atoms with E-state index in [-0.39, 0.29) is 25.4 Å². The van der Waals surface area contributed by atoms with E-state index in [0.29, 0.717) is 12.8 Å². The highest BCUT2D eigenvalue weighted by atomic mass is 19.4. The van der Waals surface area contributed by atoms with Crippen LogP contribution in [0.2, 0.25) is 0 Å². The lowest BCUT2D eigenvalue weighted by atomic mass is 10.1. The van der Waals surface area contributed by atoms with Crippen LogP contribution in [0.3, 0.4) is 0 Å². The van der Waals surface area contributed by atoms with E-state index in [1.807, 2.05) is 30.5 Å². The van der Waals surface area contributed by atoms with Crippen molar-refractivity contribution in [3.05, 3.63) is 47.7 Å². The number of aromatic amines is 1. The minimum Gasteiger partial charge on any atom is -0.361 e. The van der Waals surface area contributed by atoms with E-state index in [1.165, 1.54) is 4.90 Å². The number of halogens is 3. The standard InChI is InChI=1S/C18H19F3N2O/c19-18(20,21)14-8-10-23(11-9-14)17(24)7-3-4-13-12-22-16-6-2-1-5-15(13)16/h1-2,5-6,8,12,22H,3-4,7,9-11H2. The van der Waals surface area contributed by atoms with Crippen LogP contribution in [-0.4, -0.2) is 35.1 Å². The van der Waals surface area contributed by atoms with Gasteiger partial charge in [-0.05, 0) is 30.9 Å². The smallest absolute Gasteiger partial charge is 0.361 e. The van der Waals surface area contributed by atoms with Crippen molar-refractivity contribution >= 4 is 16.8 Å². The Balaban J connectivity index is 1.51. The lowest BCUT2D eigenvalue weighted by Crippen LogP contribution is -2.36. The van der Waals surface area contributed by atoms with E-state index < -0.39 is 11.7 Å². The number of H-pyrrole nitrogens is 1. The summed E-state index contributed by atoms with van der Waals surface area (Å²) in [6.07, 6.45) is 0.507. The second kappa shape index (κ2) is 6.71. The zero-order valence-corrected chi connectivity index (χ0v) is 13.2. The first kappa shape index (κ1) is 16.6. The molecule has 24 heavy (non-hydrogen) atoms. The SMILES string of the molecule is O=C(CCCc1c[nH]c2ccccc12)N1CC=C(C(F)(F)F)CC1. The molecule has 0 bridgehead atoms. The third kappa shape index (κ3) is 3.63. The first-order chi connectivity index (χ1) is 11.4. The van der Waals surface area contributed by atoms with E-state index in [0.717, 1.165) is 29.0 Å². The summed E-state index contributed by atoms with van der Waals surface area (Å²) < 4.78 is 37.7. The average Bonchev–Trinajstić information content (AvgIpc) is 2.97. The van der Waals surface area contributed by atoms with Gasteiger partial charge in [-0.1, -0.05) is 24.3 Å². The summed E-state index contributed by atoms with van der Waals surface area (Å²) in [5.74, 6) is -0.0766. The predicted octanol–water partition coefficient (Wildman–Crippen LogP) is 4.21. The van der Waals surface area contributed by atoms with Crippen LogP contribution in [0, 0.1) is 0 Å². The van der Waals surface area contributed by atoms with E-state index in [1.54, 1.807) is 0 Å². The van der Waals surface area contributed by atoms with Crippen LogP contribution in [0.5, 0.6) is 0 Å². The van der Waals surface area contributed by atoms with Crippen LogP contribution in [-0.2, 0) is 11.2 Å². The number of nitrogens with zero attached hydrogens (tertiary/aromatic N) is 1. The molecule has 0 fully saturated rings. The lowest BCUT2D eigenvalue weighted by Gasteiger charge is -2.27. The fraction of sp³-hybridized carbons (Fsp3) is 0.389. The molecular weight excluding hydrogens is 317 g/mol. The number of rotatable bonds is 4. The molecule has 2 aromatic rings. The minimum absolute atomic E-state index is 0.0563. The van der Waals surface area contributed by atoms with Gasteiger partial charge in [0.1, 0.15) is 0 Å². The monoisotopic (exact) mass is 336 g/mol. The fourth-order valence-electron chi connectivity index (χ4n) is 3.08. The summed E-state index contributed by atoms with van der Waals surface area (Å²) >= 11 is 0. The van der Waals surface area contributed by atoms with Gasteiger partial charge >= 0.3 is 6.18 Å². The molecule has 3 rings (SSSR count). The molecule has 1 aliphatic heterocycles. The van der Waals surface area contributed by atoms with Gasteiger partial charge in [0.25, 0.3) is 0 Å². The molecule has 1 amide bonds. The van der Waals surface area contributed by atoms with Crippen LogP contribution in [0.15, 0.2) is 42.1 Å². The number of carbonyl (C=O) groups excluding carboxylic acids is 1. The zero-order valence-electron chi connectivity index (χ0n) is 13.2. The summed E-state index contributed by atoms with van der Waals surface area (Å²) in [5, 5.41) is 1.15. The van der Waals surface area contributed by atoms with Gasteiger partial charge in [0, 0.05) is 42.2 Å². The van der Waals surface area contributed by atoms with Crippen LogP contribution < -0.4 is 0 Å². The van der Waals surface area contributed by atoms with Gasteiger partial charge in [-0.3, -0.25) is 4.79 Å². The van der Waals surface area contributed by atoms with Gasteiger partial charge in [0.2, 0.25) is 5.91 Å². The van der Waals surface area contributed by atoms with Gasteiger partial charge in [-0.15, -0.1) is 0 Å². The highest BCUT2D eigenvalue weighted by Crippen LogP contribution is 2.30. The van der Waals surface area contributed by atoms with Crippen LogP contribution in [0.25, 0.3) is 10.9 Å². The summed E-state index contributed by atoms with van der Waals surface area (Å²) in [6, 6.07) is 7.98. The Hall–Kier alpha value is -2.24. The molecule has 0 saturated carbocycles. The number of aryl methyl sites for hydroxylation is 1. The average molecular weight is 336 g/mol. The Morgan fingerprint density at radius 1 is 1.25 bits per heavy atom. The second-order valence-electron chi connectivity index (χ2n) is 6.03. The molecule has 0 atom stereocenters. The second-order valence-corrected chi connectivity index (χ2v) is 6.03. The first-order valence-corrected chi connectivity index (χ1v) is 8.04. The van der Waals surface area contributed by atoms with Crippen LogP contribution >= 0.6 is 0 Å². The van der Waals surface area contributed by atoms with E-state index in [2.05, 4.69) is 4.98 Å². The molecular formula is C18H19F3N2O. The molecule has 1 aliphatic rings.